The molecule has 1 heterocycles. The second-order valence-electron chi connectivity index (χ2n) is 3.38. The Labute approximate surface area is 99.6 Å². The van der Waals surface area contributed by atoms with Gasteiger partial charge in [0.25, 0.3) is 5.91 Å². The van der Waals surface area contributed by atoms with E-state index in [0.717, 1.165) is 0 Å². The lowest BCUT2D eigenvalue weighted by Gasteiger charge is -2.04. The van der Waals surface area contributed by atoms with E-state index < -0.39 is 0 Å². The van der Waals surface area contributed by atoms with Crippen LogP contribution in [0, 0.1) is 0 Å². The highest BCUT2D eigenvalue weighted by Crippen LogP contribution is 2.08. The lowest BCUT2D eigenvalue weighted by molar-refractivity contribution is 0.0835. The fourth-order valence-electron chi connectivity index (χ4n) is 1.26. The summed E-state index contributed by atoms with van der Waals surface area (Å²) in [4.78, 5) is 11.7. The number of ether oxygens (including phenoxy) is 1. The van der Waals surface area contributed by atoms with Gasteiger partial charge in [0.1, 0.15) is 0 Å². The quantitative estimate of drug-likeness (QED) is 0.544. The second-order valence-corrected chi connectivity index (χ2v) is 3.38. The number of nitrogen functional groups attached to an aromatic ring is 1. The van der Waals surface area contributed by atoms with Gasteiger partial charge in [-0.1, -0.05) is 0 Å². The van der Waals surface area contributed by atoms with Crippen molar-refractivity contribution in [3.8, 4) is 0 Å². The highest BCUT2D eigenvalue weighted by atomic mass is 16.5. The van der Waals surface area contributed by atoms with E-state index in [1.165, 1.54) is 0 Å². The molecule has 0 bridgehead atoms. The third-order valence-electron chi connectivity index (χ3n) is 2.10. The smallest absolute Gasteiger partial charge is 0.274 e. The Morgan fingerprint density at radius 3 is 3.00 bits per heavy atom. The Balaban J connectivity index is 2.38. The predicted molar refractivity (Wildman–Crippen MR) is 62.6 cm³/mol. The summed E-state index contributed by atoms with van der Waals surface area (Å²) >= 11 is 0. The van der Waals surface area contributed by atoms with Crippen LogP contribution in [0.15, 0.2) is 6.20 Å². The molecule has 17 heavy (non-hydrogen) atoms. The number of nitrogens with two attached hydrogens (primary N) is 1. The summed E-state index contributed by atoms with van der Waals surface area (Å²) in [6.07, 6.45) is 1.62. The fraction of sp³-hybridized carbons (Fsp3) is 0.600. The molecule has 1 aromatic rings. The van der Waals surface area contributed by atoms with Gasteiger partial charge in [0.2, 0.25) is 0 Å². The molecule has 7 nitrogen and oxygen atoms in total. The number of aliphatic hydroxyl groups excluding tert-OH is 1. The monoisotopic (exact) mass is 242 g/mol. The molecule has 0 unspecified atom stereocenters. The van der Waals surface area contributed by atoms with Crippen LogP contribution in [-0.4, -0.2) is 47.2 Å². The van der Waals surface area contributed by atoms with Crippen LogP contribution in [0.5, 0.6) is 0 Å². The third-order valence-corrected chi connectivity index (χ3v) is 2.10. The first kappa shape index (κ1) is 13.5. The van der Waals surface area contributed by atoms with Crippen LogP contribution < -0.4 is 11.1 Å². The molecule has 0 aromatic carbocycles. The largest absolute Gasteiger partial charge is 0.396 e. The van der Waals surface area contributed by atoms with Crippen LogP contribution in [0.4, 0.5) is 5.69 Å². The Hall–Kier alpha value is -1.60. The highest BCUT2D eigenvalue weighted by Gasteiger charge is 2.13. The second kappa shape index (κ2) is 6.87. The van der Waals surface area contributed by atoms with E-state index >= 15 is 0 Å². The van der Waals surface area contributed by atoms with Crippen LogP contribution in [0.2, 0.25) is 0 Å². The zero-order valence-electron chi connectivity index (χ0n) is 9.85. The lowest BCUT2D eigenvalue weighted by atomic mass is 10.3. The summed E-state index contributed by atoms with van der Waals surface area (Å²) in [7, 11) is 0. The van der Waals surface area contributed by atoms with Gasteiger partial charge in [0, 0.05) is 19.3 Å². The minimum Gasteiger partial charge on any atom is -0.396 e. The minimum atomic E-state index is -0.317. The van der Waals surface area contributed by atoms with Crippen LogP contribution in [0.25, 0.3) is 0 Å². The van der Waals surface area contributed by atoms with Crippen molar-refractivity contribution in [2.24, 2.45) is 0 Å². The van der Waals surface area contributed by atoms with Gasteiger partial charge < -0.3 is 20.9 Å². The fourth-order valence-corrected chi connectivity index (χ4v) is 1.26. The lowest BCUT2D eigenvalue weighted by Crippen LogP contribution is -2.28. The SMILES string of the molecule is CCn1cc(N)c(C(=O)NCCOCCO)n1. The normalized spacial score (nSPS) is 10.5. The number of carbonyl (C=O) groups is 1. The molecule has 0 saturated heterocycles. The van der Waals surface area contributed by atoms with Gasteiger partial charge in [-0.2, -0.15) is 5.10 Å². The average molecular weight is 242 g/mol. The minimum absolute atomic E-state index is 0.0260. The summed E-state index contributed by atoms with van der Waals surface area (Å²) in [6.45, 7) is 3.52. The average Bonchev–Trinajstić information content (AvgIpc) is 2.70. The maximum atomic E-state index is 11.7. The molecule has 7 heteroatoms. The zero-order chi connectivity index (χ0) is 12.7. The molecule has 0 aliphatic rings. The summed E-state index contributed by atoms with van der Waals surface area (Å²) in [6, 6.07) is 0. The number of aliphatic hydroxyl groups is 1. The Bertz CT molecular complexity index is 364. The van der Waals surface area contributed by atoms with Crippen LogP contribution in [0.1, 0.15) is 17.4 Å². The molecule has 0 spiro atoms. The van der Waals surface area contributed by atoms with E-state index in [1.807, 2.05) is 6.92 Å². The van der Waals surface area contributed by atoms with Gasteiger partial charge in [-0.3, -0.25) is 9.48 Å². The number of nitrogens with one attached hydrogen (secondary N) is 1. The summed E-state index contributed by atoms with van der Waals surface area (Å²) in [5, 5.41) is 15.2. The number of amides is 1. The molecular formula is C10H18N4O3. The van der Waals surface area contributed by atoms with Crippen molar-refractivity contribution in [3.05, 3.63) is 11.9 Å². The van der Waals surface area contributed by atoms with E-state index in [4.69, 9.17) is 15.6 Å². The van der Waals surface area contributed by atoms with Crippen molar-refractivity contribution in [2.75, 3.05) is 32.1 Å². The van der Waals surface area contributed by atoms with Crippen molar-refractivity contribution >= 4 is 11.6 Å². The molecule has 0 fully saturated rings. The molecule has 0 aliphatic carbocycles. The first-order valence-electron chi connectivity index (χ1n) is 5.48. The molecule has 96 valence electrons. The summed E-state index contributed by atoms with van der Waals surface area (Å²) in [5.41, 5.74) is 6.25. The van der Waals surface area contributed by atoms with Gasteiger partial charge in [-0.15, -0.1) is 0 Å². The Morgan fingerprint density at radius 2 is 2.41 bits per heavy atom. The molecule has 0 radical (unpaired) electrons. The molecular weight excluding hydrogens is 224 g/mol. The van der Waals surface area contributed by atoms with E-state index in [0.29, 0.717) is 25.4 Å². The van der Waals surface area contributed by atoms with Crippen molar-refractivity contribution in [3.63, 3.8) is 0 Å². The summed E-state index contributed by atoms with van der Waals surface area (Å²) < 4.78 is 6.61. The van der Waals surface area contributed by atoms with Gasteiger partial charge in [0.05, 0.1) is 25.5 Å². The Morgan fingerprint density at radius 1 is 1.65 bits per heavy atom. The molecule has 1 rings (SSSR count). The van der Waals surface area contributed by atoms with Crippen LogP contribution >= 0.6 is 0 Å². The summed E-state index contributed by atoms with van der Waals surface area (Å²) in [5.74, 6) is -0.317. The number of aromatic nitrogens is 2. The number of hydrogen-bond donors (Lipinski definition) is 3. The van der Waals surface area contributed by atoms with Gasteiger partial charge >= 0.3 is 0 Å². The maximum Gasteiger partial charge on any atom is 0.274 e. The van der Waals surface area contributed by atoms with Crippen LogP contribution in [0.3, 0.4) is 0 Å². The molecule has 1 aromatic heterocycles. The van der Waals surface area contributed by atoms with E-state index in [1.54, 1.807) is 10.9 Å². The van der Waals surface area contributed by atoms with E-state index in [-0.39, 0.29) is 24.8 Å². The number of hydrogen-bond acceptors (Lipinski definition) is 5. The standard InChI is InChI=1S/C10H18N4O3/c1-2-14-7-8(11)9(13-14)10(16)12-3-5-17-6-4-15/h7,15H,2-6,11H2,1H3,(H,12,16). The van der Waals surface area contributed by atoms with Gasteiger partial charge in [0.15, 0.2) is 5.69 Å². The number of rotatable bonds is 7. The van der Waals surface area contributed by atoms with Crippen LogP contribution in [-0.2, 0) is 11.3 Å². The molecule has 0 atom stereocenters. The van der Waals surface area contributed by atoms with Crippen molar-refractivity contribution in [2.45, 2.75) is 13.5 Å². The van der Waals surface area contributed by atoms with Crippen molar-refractivity contribution < 1.29 is 14.6 Å². The number of anilines is 1. The number of aryl methyl sites for hydroxylation is 1. The van der Waals surface area contributed by atoms with E-state index in [9.17, 15) is 4.79 Å². The topological polar surface area (TPSA) is 102 Å². The van der Waals surface area contributed by atoms with Gasteiger partial charge in [-0.25, -0.2) is 0 Å². The molecule has 1 amide bonds. The molecule has 0 aliphatic heterocycles. The Kier molecular flexibility index (Phi) is 5.44. The van der Waals surface area contributed by atoms with Gasteiger partial charge in [-0.05, 0) is 6.92 Å². The number of carbonyl (C=O) groups excluding carboxylic acids is 1. The van der Waals surface area contributed by atoms with Crippen molar-refractivity contribution in [1.82, 2.24) is 15.1 Å². The number of nitrogens with zero attached hydrogens (tertiary/aromatic N) is 2. The predicted octanol–water partition coefficient (Wildman–Crippen LogP) is -0.776. The first-order chi connectivity index (χ1) is 8.19. The third kappa shape index (κ3) is 4.04. The van der Waals surface area contributed by atoms with E-state index in [2.05, 4.69) is 10.4 Å². The molecule has 0 saturated carbocycles. The molecule has 4 N–H and O–H groups in total. The zero-order valence-corrected chi connectivity index (χ0v) is 9.85. The highest BCUT2D eigenvalue weighted by molar-refractivity contribution is 5.96. The van der Waals surface area contributed by atoms with Crippen molar-refractivity contribution in [1.29, 1.82) is 0 Å². The first-order valence-corrected chi connectivity index (χ1v) is 5.48. The maximum absolute atomic E-state index is 11.7.